The van der Waals surface area contributed by atoms with Crippen LogP contribution in [0.3, 0.4) is 0 Å². The number of nitrogens with one attached hydrogen (secondary N) is 1. The van der Waals surface area contributed by atoms with Crippen molar-refractivity contribution in [2.45, 2.75) is 11.8 Å². The number of benzene rings is 2. The van der Waals surface area contributed by atoms with Gasteiger partial charge in [0.25, 0.3) is 10.1 Å². The lowest BCUT2D eigenvalue weighted by Crippen LogP contribution is -2.39. The number of thiocarbonyl (C=S) groups is 1. The van der Waals surface area contributed by atoms with Crippen molar-refractivity contribution in [3.63, 3.8) is 0 Å². The molecule has 9 heteroatoms. The van der Waals surface area contributed by atoms with Crippen LogP contribution in [-0.2, 0) is 14.3 Å². The largest absolute Gasteiger partial charge is 0.328 e. The van der Waals surface area contributed by atoms with Crippen molar-refractivity contribution < 1.29 is 17.4 Å². The van der Waals surface area contributed by atoms with Crippen molar-refractivity contribution in [2.75, 3.05) is 25.1 Å². The van der Waals surface area contributed by atoms with Gasteiger partial charge in [-0.15, -0.1) is 0 Å². The van der Waals surface area contributed by atoms with Crippen LogP contribution < -0.4 is 5.32 Å². The molecule has 0 radical (unpaired) electrons. The van der Waals surface area contributed by atoms with E-state index in [9.17, 15) is 13.2 Å². The number of urea groups is 1. The molecule has 0 aliphatic carbocycles. The highest BCUT2D eigenvalue weighted by atomic mass is 32.2. The second-order valence-electron chi connectivity index (χ2n) is 6.01. The topological polar surface area (TPSA) is 79.0 Å². The van der Waals surface area contributed by atoms with Gasteiger partial charge in [0, 0.05) is 18.8 Å². The summed E-state index contributed by atoms with van der Waals surface area (Å²) in [6.45, 7) is 2.37. The highest BCUT2D eigenvalue weighted by Crippen LogP contribution is 2.17. The maximum absolute atomic E-state index is 12.4. The molecule has 2 amide bonds. The predicted molar refractivity (Wildman–Crippen MR) is 106 cm³/mol. The van der Waals surface area contributed by atoms with E-state index in [2.05, 4.69) is 5.32 Å². The normalized spacial score (nSPS) is 14.5. The second kappa shape index (κ2) is 8.03. The van der Waals surface area contributed by atoms with Gasteiger partial charge in [-0.1, -0.05) is 35.9 Å². The van der Waals surface area contributed by atoms with Gasteiger partial charge in [-0.25, -0.2) is 8.98 Å². The zero-order chi connectivity index (χ0) is 19.4. The molecular formula is C18H19N3O4S2. The second-order valence-corrected chi connectivity index (χ2v) is 7.99. The van der Waals surface area contributed by atoms with E-state index in [1.807, 2.05) is 25.1 Å². The molecule has 0 aromatic heterocycles. The van der Waals surface area contributed by atoms with Gasteiger partial charge in [-0.2, -0.15) is 8.42 Å². The molecule has 3 rings (SSSR count). The minimum absolute atomic E-state index is 0.0805. The van der Waals surface area contributed by atoms with Crippen LogP contribution in [0.25, 0.3) is 0 Å². The van der Waals surface area contributed by atoms with Crippen LogP contribution in [0.2, 0.25) is 0 Å². The lowest BCUT2D eigenvalue weighted by Gasteiger charge is -2.20. The van der Waals surface area contributed by atoms with Gasteiger partial charge < -0.3 is 10.2 Å². The number of carbonyl (C=O) groups excluding carboxylic acids is 1. The third-order valence-corrected chi connectivity index (χ3v) is 5.78. The van der Waals surface area contributed by atoms with Crippen LogP contribution >= 0.6 is 12.2 Å². The fraction of sp³-hybridized carbons (Fsp3) is 0.222. The van der Waals surface area contributed by atoms with E-state index >= 15 is 0 Å². The molecule has 7 nitrogen and oxygen atoms in total. The number of rotatable bonds is 5. The average molecular weight is 406 g/mol. The molecule has 0 atom stereocenters. The predicted octanol–water partition coefficient (Wildman–Crippen LogP) is 2.79. The van der Waals surface area contributed by atoms with Crippen LogP contribution in [0, 0.1) is 6.92 Å². The highest BCUT2D eigenvalue weighted by molar-refractivity contribution is 7.86. The van der Waals surface area contributed by atoms with Crippen LogP contribution in [0.15, 0.2) is 59.5 Å². The molecule has 0 unspecified atom stereocenters. The summed E-state index contributed by atoms with van der Waals surface area (Å²) in [5, 5.41) is 2.98. The van der Waals surface area contributed by atoms with Crippen LogP contribution in [-0.4, -0.2) is 49.2 Å². The van der Waals surface area contributed by atoms with E-state index in [4.69, 9.17) is 16.4 Å². The minimum atomic E-state index is -3.89. The molecular weight excluding hydrogens is 386 g/mol. The van der Waals surface area contributed by atoms with Gasteiger partial charge in [-0.3, -0.25) is 4.90 Å². The molecule has 2 aromatic carbocycles. The van der Waals surface area contributed by atoms with Gasteiger partial charge in [-0.05, 0) is 43.4 Å². The first-order valence-corrected chi connectivity index (χ1v) is 10.1. The Bertz CT molecular complexity index is 931. The number of amides is 2. The van der Waals surface area contributed by atoms with Crippen molar-refractivity contribution in [3.05, 3.63) is 60.2 Å². The van der Waals surface area contributed by atoms with E-state index in [0.717, 1.165) is 5.56 Å². The Morgan fingerprint density at radius 2 is 1.78 bits per heavy atom. The zero-order valence-corrected chi connectivity index (χ0v) is 16.3. The first-order chi connectivity index (χ1) is 12.9. The molecule has 1 saturated heterocycles. The Labute approximate surface area is 163 Å². The van der Waals surface area contributed by atoms with Crippen molar-refractivity contribution in [2.24, 2.45) is 0 Å². The highest BCUT2D eigenvalue weighted by Gasteiger charge is 2.31. The van der Waals surface area contributed by atoms with Crippen LogP contribution in [0.5, 0.6) is 0 Å². The fourth-order valence-corrected chi connectivity index (χ4v) is 3.70. The van der Waals surface area contributed by atoms with Crippen molar-refractivity contribution in [1.29, 1.82) is 0 Å². The summed E-state index contributed by atoms with van der Waals surface area (Å²) in [5.41, 5.74) is 1.61. The minimum Gasteiger partial charge on any atom is -0.322 e. The van der Waals surface area contributed by atoms with E-state index in [1.165, 1.54) is 21.9 Å². The van der Waals surface area contributed by atoms with Crippen molar-refractivity contribution >= 4 is 39.2 Å². The molecule has 1 aliphatic heterocycles. The van der Waals surface area contributed by atoms with E-state index < -0.39 is 10.1 Å². The Morgan fingerprint density at radius 1 is 1.11 bits per heavy atom. The van der Waals surface area contributed by atoms with E-state index in [-0.39, 0.29) is 22.8 Å². The molecule has 142 valence electrons. The molecule has 0 bridgehead atoms. The summed E-state index contributed by atoms with van der Waals surface area (Å²) < 4.78 is 29.7. The summed E-state index contributed by atoms with van der Waals surface area (Å²) in [7, 11) is -3.89. The quantitative estimate of drug-likeness (QED) is 0.609. The van der Waals surface area contributed by atoms with Gasteiger partial charge in [0.15, 0.2) is 5.11 Å². The molecule has 1 fully saturated rings. The van der Waals surface area contributed by atoms with Crippen molar-refractivity contribution in [1.82, 2.24) is 9.80 Å². The van der Waals surface area contributed by atoms with Gasteiger partial charge in [0.2, 0.25) is 0 Å². The SMILES string of the molecule is Cc1ccc(S(=O)(=O)OCN2CCN(C(=O)Nc3ccccc3)C2=S)cc1. The standard InChI is InChI=1S/C18H19N3O4S2/c1-14-7-9-16(10-8-14)27(23,24)25-13-20-11-12-21(18(20)26)17(22)19-15-5-3-2-4-6-15/h2-10H,11-13H2,1H3,(H,19,22). The Morgan fingerprint density at radius 3 is 2.44 bits per heavy atom. The maximum Gasteiger partial charge on any atom is 0.328 e. The number of aryl methyl sites for hydroxylation is 1. The maximum atomic E-state index is 12.4. The number of carbonyl (C=O) groups is 1. The first kappa shape index (κ1) is 19.3. The lowest BCUT2D eigenvalue weighted by atomic mass is 10.2. The monoisotopic (exact) mass is 405 g/mol. The fourth-order valence-electron chi connectivity index (χ4n) is 2.51. The van der Waals surface area contributed by atoms with Crippen LogP contribution in [0.1, 0.15) is 5.56 Å². The Hall–Kier alpha value is -2.49. The number of anilines is 1. The molecule has 1 aliphatic rings. The van der Waals surface area contributed by atoms with Gasteiger partial charge in [0.05, 0.1) is 4.90 Å². The summed E-state index contributed by atoms with van der Waals surface area (Å²) in [6.07, 6.45) is 0. The molecule has 27 heavy (non-hydrogen) atoms. The number of para-hydroxylation sites is 1. The molecule has 1 N–H and O–H groups in total. The molecule has 1 heterocycles. The zero-order valence-electron chi connectivity index (χ0n) is 14.7. The lowest BCUT2D eigenvalue weighted by molar-refractivity contribution is 0.211. The molecule has 2 aromatic rings. The summed E-state index contributed by atoms with van der Waals surface area (Å²) in [4.78, 5) is 15.4. The Kier molecular flexibility index (Phi) is 5.73. The van der Waals surface area contributed by atoms with Crippen molar-refractivity contribution in [3.8, 4) is 0 Å². The average Bonchev–Trinajstić information content (AvgIpc) is 3.02. The Balaban J connectivity index is 1.58. The third kappa shape index (κ3) is 4.62. The number of hydrogen-bond acceptors (Lipinski definition) is 5. The summed E-state index contributed by atoms with van der Waals surface area (Å²) >= 11 is 5.29. The van der Waals surface area contributed by atoms with Crippen LogP contribution in [0.4, 0.5) is 10.5 Å². The number of hydrogen-bond donors (Lipinski definition) is 1. The third-order valence-electron chi connectivity index (χ3n) is 4.04. The number of nitrogens with zero attached hydrogens (tertiary/aromatic N) is 2. The smallest absolute Gasteiger partial charge is 0.322 e. The van der Waals surface area contributed by atoms with Gasteiger partial charge >= 0.3 is 6.03 Å². The van der Waals surface area contributed by atoms with Gasteiger partial charge in [0.1, 0.15) is 6.73 Å². The summed E-state index contributed by atoms with van der Waals surface area (Å²) in [6, 6.07) is 15.0. The first-order valence-electron chi connectivity index (χ1n) is 8.25. The molecule has 0 spiro atoms. The van der Waals surface area contributed by atoms with E-state index in [0.29, 0.717) is 18.8 Å². The molecule has 0 saturated carbocycles. The van der Waals surface area contributed by atoms with E-state index in [1.54, 1.807) is 24.3 Å². The summed E-state index contributed by atoms with van der Waals surface area (Å²) in [5.74, 6) is 0.